The zero-order valence-corrected chi connectivity index (χ0v) is 19.0. The summed E-state index contributed by atoms with van der Waals surface area (Å²) in [5.41, 5.74) is 1.55. The normalized spacial score (nSPS) is 11.9. The molecule has 2 aromatic rings. The molecule has 0 fully saturated rings. The average Bonchev–Trinajstić information content (AvgIpc) is 2.73. The number of hydrogen-bond donors (Lipinski definition) is 1. The third-order valence-corrected chi connectivity index (χ3v) is 5.03. The fraction of sp³-hybridized carbons (Fsp3) is 0.417. The van der Waals surface area contributed by atoms with Gasteiger partial charge in [0, 0.05) is 24.7 Å². The Morgan fingerprint density at radius 2 is 1.65 bits per heavy atom. The number of carbonyl (C=O) groups excluding carboxylic acids is 2. The lowest BCUT2D eigenvalue weighted by atomic mass is 10.1. The molecule has 7 heteroatoms. The molecule has 5 nitrogen and oxygen atoms in total. The van der Waals surface area contributed by atoms with Crippen LogP contribution in [-0.2, 0) is 27.3 Å². The van der Waals surface area contributed by atoms with Gasteiger partial charge in [0.25, 0.3) is 0 Å². The second kappa shape index (κ2) is 12.4. The molecule has 1 atom stereocenters. The van der Waals surface area contributed by atoms with Crippen molar-refractivity contribution in [2.45, 2.75) is 52.3 Å². The van der Waals surface area contributed by atoms with Crippen molar-refractivity contribution in [2.24, 2.45) is 0 Å². The molecule has 0 aliphatic rings. The van der Waals surface area contributed by atoms with Crippen molar-refractivity contribution in [3.8, 4) is 0 Å². The Morgan fingerprint density at radius 3 is 2.26 bits per heavy atom. The van der Waals surface area contributed by atoms with Gasteiger partial charge in [0.15, 0.2) is 0 Å². The van der Waals surface area contributed by atoms with Crippen molar-refractivity contribution in [1.29, 1.82) is 0 Å². The molecule has 0 spiro atoms. The summed E-state index contributed by atoms with van der Waals surface area (Å²) in [5, 5.41) is 3.46. The number of rotatable bonds is 11. The molecular weight excluding hydrogens is 419 g/mol. The van der Waals surface area contributed by atoms with Crippen LogP contribution in [0.2, 0.25) is 5.02 Å². The highest BCUT2D eigenvalue weighted by molar-refractivity contribution is 6.30. The van der Waals surface area contributed by atoms with Crippen LogP contribution < -0.4 is 5.32 Å². The average molecular weight is 449 g/mol. The predicted molar refractivity (Wildman–Crippen MR) is 120 cm³/mol. The van der Waals surface area contributed by atoms with Crippen molar-refractivity contribution in [2.75, 3.05) is 13.2 Å². The van der Waals surface area contributed by atoms with Crippen LogP contribution in [0.3, 0.4) is 0 Å². The molecule has 0 aliphatic carbocycles. The summed E-state index contributed by atoms with van der Waals surface area (Å²) in [4.78, 5) is 27.3. The number of nitrogens with one attached hydrogen (secondary N) is 1. The van der Waals surface area contributed by atoms with E-state index < -0.39 is 6.04 Å². The Labute approximate surface area is 188 Å². The standard InChI is InChI=1S/C24H30ClFN2O3/c1-17(2)31-14-4-13-27-24(30)18(3)28(16-20-7-11-22(26)12-8-20)23(29)15-19-5-9-21(25)10-6-19/h5-12,17-18H,4,13-16H2,1-3H3,(H,27,30)/t18-/m0/s1. The van der Waals surface area contributed by atoms with E-state index in [4.69, 9.17) is 16.3 Å². The van der Waals surface area contributed by atoms with Crippen LogP contribution in [0.5, 0.6) is 0 Å². The van der Waals surface area contributed by atoms with Gasteiger partial charge in [0.2, 0.25) is 11.8 Å². The molecule has 0 aliphatic heterocycles. The molecule has 0 bridgehead atoms. The maximum Gasteiger partial charge on any atom is 0.242 e. The van der Waals surface area contributed by atoms with Gasteiger partial charge in [-0.3, -0.25) is 9.59 Å². The third kappa shape index (κ3) is 8.67. The molecule has 1 N–H and O–H groups in total. The van der Waals surface area contributed by atoms with Crippen LogP contribution in [0.4, 0.5) is 4.39 Å². The van der Waals surface area contributed by atoms with E-state index in [1.807, 2.05) is 13.8 Å². The first-order valence-corrected chi connectivity index (χ1v) is 10.8. The van der Waals surface area contributed by atoms with Gasteiger partial charge in [-0.25, -0.2) is 4.39 Å². The first-order chi connectivity index (χ1) is 14.8. The molecule has 168 valence electrons. The highest BCUT2D eigenvalue weighted by Gasteiger charge is 2.26. The summed E-state index contributed by atoms with van der Waals surface area (Å²) in [7, 11) is 0. The van der Waals surface area contributed by atoms with Gasteiger partial charge in [-0.15, -0.1) is 0 Å². The van der Waals surface area contributed by atoms with Gasteiger partial charge in [0.1, 0.15) is 11.9 Å². The first-order valence-electron chi connectivity index (χ1n) is 10.4. The van der Waals surface area contributed by atoms with Gasteiger partial charge in [-0.1, -0.05) is 35.9 Å². The summed E-state index contributed by atoms with van der Waals surface area (Å²) >= 11 is 5.92. The van der Waals surface area contributed by atoms with Gasteiger partial charge in [-0.2, -0.15) is 0 Å². The second-order valence-electron chi connectivity index (χ2n) is 7.69. The Hall–Kier alpha value is -2.44. The largest absolute Gasteiger partial charge is 0.379 e. The Morgan fingerprint density at radius 1 is 1.03 bits per heavy atom. The molecule has 0 heterocycles. The lowest BCUT2D eigenvalue weighted by Gasteiger charge is -2.29. The van der Waals surface area contributed by atoms with Crippen LogP contribution >= 0.6 is 11.6 Å². The number of ether oxygens (including phenoxy) is 1. The molecular formula is C24H30ClFN2O3. The van der Waals surface area contributed by atoms with Crippen LogP contribution in [0, 0.1) is 5.82 Å². The zero-order chi connectivity index (χ0) is 22.8. The third-order valence-electron chi connectivity index (χ3n) is 4.77. The number of amides is 2. The molecule has 2 aromatic carbocycles. The van der Waals surface area contributed by atoms with Crippen molar-refractivity contribution in [1.82, 2.24) is 10.2 Å². The van der Waals surface area contributed by atoms with E-state index in [0.29, 0.717) is 24.6 Å². The van der Waals surface area contributed by atoms with E-state index in [2.05, 4.69) is 5.32 Å². The summed E-state index contributed by atoms with van der Waals surface area (Å²) in [5.74, 6) is -0.786. The Balaban J connectivity index is 2.06. The quantitative estimate of drug-likeness (QED) is 0.519. The van der Waals surface area contributed by atoms with Crippen molar-refractivity contribution >= 4 is 23.4 Å². The highest BCUT2D eigenvalue weighted by Crippen LogP contribution is 2.15. The van der Waals surface area contributed by atoms with E-state index in [-0.39, 0.29) is 36.7 Å². The van der Waals surface area contributed by atoms with E-state index in [1.165, 1.54) is 17.0 Å². The molecule has 0 saturated heterocycles. The Kier molecular flexibility index (Phi) is 9.95. The maximum absolute atomic E-state index is 13.3. The fourth-order valence-corrected chi connectivity index (χ4v) is 3.12. The van der Waals surface area contributed by atoms with Gasteiger partial charge in [0.05, 0.1) is 12.5 Å². The number of hydrogen-bond acceptors (Lipinski definition) is 3. The monoisotopic (exact) mass is 448 g/mol. The molecule has 31 heavy (non-hydrogen) atoms. The summed E-state index contributed by atoms with van der Waals surface area (Å²) < 4.78 is 18.8. The first kappa shape index (κ1) is 24.8. The number of nitrogens with zero attached hydrogens (tertiary/aromatic N) is 1. The zero-order valence-electron chi connectivity index (χ0n) is 18.2. The second-order valence-corrected chi connectivity index (χ2v) is 8.13. The van der Waals surface area contributed by atoms with Crippen molar-refractivity contribution in [3.05, 3.63) is 70.5 Å². The lowest BCUT2D eigenvalue weighted by molar-refractivity contribution is -0.140. The van der Waals surface area contributed by atoms with E-state index in [1.54, 1.807) is 43.3 Å². The lowest BCUT2D eigenvalue weighted by Crippen LogP contribution is -2.48. The summed E-state index contributed by atoms with van der Waals surface area (Å²) in [6, 6.07) is 12.3. The van der Waals surface area contributed by atoms with Gasteiger partial charge >= 0.3 is 0 Å². The predicted octanol–water partition coefficient (Wildman–Crippen LogP) is 4.37. The maximum atomic E-state index is 13.3. The number of halogens is 2. The van der Waals surface area contributed by atoms with E-state index >= 15 is 0 Å². The van der Waals surface area contributed by atoms with E-state index in [0.717, 1.165) is 11.1 Å². The van der Waals surface area contributed by atoms with Crippen LogP contribution in [0.25, 0.3) is 0 Å². The molecule has 0 unspecified atom stereocenters. The molecule has 2 rings (SSSR count). The van der Waals surface area contributed by atoms with Crippen LogP contribution in [0.1, 0.15) is 38.3 Å². The SMILES string of the molecule is CC(C)OCCCNC(=O)[C@H](C)N(Cc1ccc(F)cc1)C(=O)Cc1ccc(Cl)cc1. The number of carbonyl (C=O) groups is 2. The summed E-state index contributed by atoms with van der Waals surface area (Å²) in [6.07, 6.45) is 0.970. The van der Waals surface area contributed by atoms with Crippen molar-refractivity contribution in [3.63, 3.8) is 0 Å². The minimum atomic E-state index is -0.684. The molecule has 0 saturated carbocycles. The van der Waals surface area contributed by atoms with E-state index in [9.17, 15) is 14.0 Å². The van der Waals surface area contributed by atoms with Crippen molar-refractivity contribution < 1.29 is 18.7 Å². The fourth-order valence-electron chi connectivity index (χ4n) is 3.00. The topological polar surface area (TPSA) is 58.6 Å². The molecule has 0 aromatic heterocycles. The van der Waals surface area contributed by atoms with Gasteiger partial charge < -0.3 is 15.0 Å². The van der Waals surface area contributed by atoms with Gasteiger partial charge in [-0.05, 0) is 62.6 Å². The molecule has 0 radical (unpaired) electrons. The van der Waals surface area contributed by atoms with Crippen LogP contribution in [-0.4, -0.2) is 42.0 Å². The summed E-state index contributed by atoms with van der Waals surface area (Å²) in [6.45, 7) is 6.84. The minimum absolute atomic E-state index is 0.137. The minimum Gasteiger partial charge on any atom is -0.379 e. The van der Waals surface area contributed by atoms with Crippen LogP contribution in [0.15, 0.2) is 48.5 Å². The Bertz CT molecular complexity index is 841. The smallest absolute Gasteiger partial charge is 0.242 e. The highest BCUT2D eigenvalue weighted by atomic mass is 35.5. The number of benzene rings is 2. The molecule has 2 amide bonds.